The van der Waals surface area contributed by atoms with Crippen LogP contribution in [0.15, 0.2) is 41.0 Å². The molecule has 3 rings (SSSR count). The first-order chi connectivity index (χ1) is 11.0. The van der Waals surface area contributed by atoms with E-state index in [4.69, 9.17) is 11.6 Å². The molecule has 1 amide bonds. The zero-order chi connectivity index (χ0) is 16.4. The van der Waals surface area contributed by atoms with Gasteiger partial charge in [-0.25, -0.2) is 14.4 Å². The van der Waals surface area contributed by atoms with E-state index in [1.165, 1.54) is 47.6 Å². The normalized spacial score (nSPS) is 12.3. The third-order valence-electron chi connectivity index (χ3n) is 3.07. The summed E-state index contributed by atoms with van der Waals surface area (Å²) in [7, 11) is 0. The molecule has 23 heavy (non-hydrogen) atoms. The van der Waals surface area contributed by atoms with E-state index in [1.54, 1.807) is 6.92 Å². The van der Waals surface area contributed by atoms with Gasteiger partial charge in [0.05, 0.1) is 10.3 Å². The molecular weight excluding hydrogens is 357 g/mol. The molecule has 1 N–H and O–H groups in total. The average Bonchev–Trinajstić information content (AvgIpc) is 3.00. The average molecular weight is 368 g/mol. The lowest BCUT2D eigenvalue weighted by Gasteiger charge is -2.12. The number of aromatic nitrogens is 2. The third kappa shape index (κ3) is 3.63. The van der Waals surface area contributed by atoms with Crippen molar-refractivity contribution in [1.82, 2.24) is 9.97 Å². The van der Waals surface area contributed by atoms with Crippen molar-refractivity contribution in [2.24, 2.45) is 0 Å². The Morgan fingerprint density at radius 3 is 3.00 bits per heavy atom. The monoisotopic (exact) mass is 367 g/mol. The van der Waals surface area contributed by atoms with Gasteiger partial charge < -0.3 is 5.32 Å². The molecule has 0 radical (unpaired) electrons. The number of carbonyl (C=O) groups is 1. The minimum atomic E-state index is -0.520. The minimum absolute atomic E-state index is 0.0288. The zero-order valence-electron chi connectivity index (χ0n) is 11.9. The summed E-state index contributed by atoms with van der Waals surface area (Å²) in [5.74, 6) is -0.729. The molecule has 2 heterocycles. The predicted octanol–water partition coefficient (Wildman–Crippen LogP) is 4.60. The highest BCUT2D eigenvalue weighted by Crippen LogP contribution is 2.31. The van der Waals surface area contributed by atoms with E-state index in [1.807, 2.05) is 11.4 Å². The topological polar surface area (TPSA) is 54.9 Å². The Morgan fingerprint density at radius 1 is 1.39 bits per heavy atom. The highest BCUT2D eigenvalue weighted by atomic mass is 35.5. The summed E-state index contributed by atoms with van der Waals surface area (Å²) in [6.07, 6.45) is 1.49. The lowest BCUT2D eigenvalue weighted by Crippen LogP contribution is -2.22. The summed E-state index contributed by atoms with van der Waals surface area (Å²) < 4.78 is 13.1. The first kappa shape index (κ1) is 16.2. The Kier molecular flexibility index (Phi) is 4.79. The van der Waals surface area contributed by atoms with Crippen molar-refractivity contribution in [1.29, 1.82) is 0 Å². The highest BCUT2D eigenvalue weighted by molar-refractivity contribution is 8.00. The predicted molar refractivity (Wildman–Crippen MR) is 92.8 cm³/mol. The molecule has 0 spiro atoms. The molecule has 8 heteroatoms. The van der Waals surface area contributed by atoms with Gasteiger partial charge in [0, 0.05) is 11.1 Å². The summed E-state index contributed by atoms with van der Waals surface area (Å²) in [6.45, 7) is 1.78. The molecule has 0 aliphatic heterocycles. The number of nitrogens with zero attached hydrogens (tertiary/aromatic N) is 2. The van der Waals surface area contributed by atoms with Gasteiger partial charge in [0.25, 0.3) is 0 Å². The molecule has 3 aromatic rings. The van der Waals surface area contributed by atoms with Crippen LogP contribution >= 0.6 is 34.7 Å². The Balaban J connectivity index is 1.72. The van der Waals surface area contributed by atoms with Crippen molar-refractivity contribution in [3.63, 3.8) is 0 Å². The molecule has 0 saturated carbocycles. The van der Waals surface area contributed by atoms with Gasteiger partial charge in [-0.05, 0) is 36.6 Å². The van der Waals surface area contributed by atoms with E-state index >= 15 is 0 Å². The quantitative estimate of drug-likeness (QED) is 0.540. The molecule has 0 aliphatic carbocycles. The zero-order valence-corrected chi connectivity index (χ0v) is 14.3. The van der Waals surface area contributed by atoms with Crippen LogP contribution in [-0.2, 0) is 4.79 Å². The lowest BCUT2D eigenvalue weighted by molar-refractivity contribution is -0.115. The third-order valence-corrected chi connectivity index (χ3v) is 5.30. The van der Waals surface area contributed by atoms with E-state index in [0.29, 0.717) is 5.69 Å². The second-order valence-electron chi connectivity index (χ2n) is 4.70. The SMILES string of the molecule is C[C@@H](Sc1ncnc2sccc12)C(=O)Nc1ccc(F)c(Cl)c1. The fourth-order valence-electron chi connectivity index (χ4n) is 1.90. The van der Waals surface area contributed by atoms with Crippen LogP contribution in [0.1, 0.15) is 6.92 Å². The minimum Gasteiger partial charge on any atom is -0.325 e. The molecule has 0 saturated heterocycles. The van der Waals surface area contributed by atoms with E-state index < -0.39 is 5.82 Å². The molecular formula is C15H11ClFN3OS2. The van der Waals surface area contributed by atoms with Crippen LogP contribution in [0.2, 0.25) is 5.02 Å². The number of nitrogens with one attached hydrogen (secondary N) is 1. The number of rotatable bonds is 4. The summed E-state index contributed by atoms with van der Waals surface area (Å²) in [6, 6.07) is 6.01. The molecule has 1 aromatic carbocycles. The standard InChI is InChI=1S/C15H11ClFN3OS2/c1-8(13(21)20-9-2-3-12(17)11(16)6-9)23-15-10-4-5-22-14(10)18-7-19-15/h2-8H,1H3,(H,20,21)/t8-/m1/s1. The number of halogens is 2. The van der Waals surface area contributed by atoms with Crippen LogP contribution in [0.5, 0.6) is 0 Å². The molecule has 118 valence electrons. The summed E-state index contributed by atoms with van der Waals surface area (Å²) in [5.41, 5.74) is 0.456. The Morgan fingerprint density at radius 2 is 2.22 bits per heavy atom. The van der Waals surface area contributed by atoms with Crippen molar-refractivity contribution in [3.05, 3.63) is 46.8 Å². The van der Waals surface area contributed by atoms with Crippen LogP contribution in [0.25, 0.3) is 10.2 Å². The highest BCUT2D eigenvalue weighted by Gasteiger charge is 2.17. The van der Waals surface area contributed by atoms with Crippen molar-refractivity contribution in [2.75, 3.05) is 5.32 Å². The van der Waals surface area contributed by atoms with Crippen LogP contribution < -0.4 is 5.32 Å². The Labute approximate surface area is 145 Å². The molecule has 0 fully saturated rings. The van der Waals surface area contributed by atoms with Gasteiger partial charge in [-0.3, -0.25) is 4.79 Å². The number of anilines is 1. The van der Waals surface area contributed by atoms with Crippen molar-refractivity contribution < 1.29 is 9.18 Å². The van der Waals surface area contributed by atoms with E-state index in [-0.39, 0.29) is 16.2 Å². The van der Waals surface area contributed by atoms with Crippen molar-refractivity contribution >= 4 is 56.5 Å². The van der Waals surface area contributed by atoms with Gasteiger partial charge in [0.1, 0.15) is 22.0 Å². The molecule has 1 atom stereocenters. The maximum atomic E-state index is 13.1. The first-order valence-corrected chi connectivity index (χ1v) is 8.79. The summed E-state index contributed by atoms with van der Waals surface area (Å²) in [5, 5.41) is 5.95. The van der Waals surface area contributed by atoms with Crippen molar-refractivity contribution in [2.45, 2.75) is 17.2 Å². The van der Waals surface area contributed by atoms with Gasteiger partial charge >= 0.3 is 0 Å². The van der Waals surface area contributed by atoms with Gasteiger partial charge in [0.15, 0.2) is 0 Å². The number of hydrogen-bond donors (Lipinski definition) is 1. The number of fused-ring (bicyclic) bond motifs is 1. The fourth-order valence-corrected chi connectivity index (χ4v) is 3.78. The maximum absolute atomic E-state index is 13.1. The van der Waals surface area contributed by atoms with Gasteiger partial charge in [-0.15, -0.1) is 11.3 Å². The summed E-state index contributed by atoms with van der Waals surface area (Å²) >= 11 is 8.59. The second-order valence-corrected chi connectivity index (χ2v) is 7.33. The molecule has 2 aromatic heterocycles. The van der Waals surface area contributed by atoms with Crippen LogP contribution in [0, 0.1) is 5.82 Å². The maximum Gasteiger partial charge on any atom is 0.237 e. The fraction of sp³-hybridized carbons (Fsp3) is 0.133. The van der Waals surface area contributed by atoms with E-state index in [2.05, 4.69) is 15.3 Å². The van der Waals surface area contributed by atoms with Crippen molar-refractivity contribution in [3.8, 4) is 0 Å². The van der Waals surface area contributed by atoms with Gasteiger partial charge in [0.2, 0.25) is 5.91 Å². The Bertz CT molecular complexity index is 871. The molecule has 0 unspecified atom stereocenters. The number of benzene rings is 1. The first-order valence-electron chi connectivity index (χ1n) is 6.65. The number of carbonyl (C=O) groups excluding carboxylic acids is 1. The number of amides is 1. The molecule has 0 bridgehead atoms. The van der Waals surface area contributed by atoms with Gasteiger partial charge in [-0.1, -0.05) is 23.4 Å². The van der Waals surface area contributed by atoms with Crippen LogP contribution in [0.4, 0.5) is 10.1 Å². The largest absolute Gasteiger partial charge is 0.325 e. The van der Waals surface area contributed by atoms with E-state index in [0.717, 1.165) is 15.2 Å². The second kappa shape index (κ2) is 6.82. The van der Waals surface area contributed by atoms with Crippen LogP contribution in [-0.4, -0.2) is 21.1 Å². The summed E-state index contributed by atoms with van der Waals surface area (Å²) in [4.78, 5) is 21.6. The number of thiophene rings is 1. The smallest absolute Gasteiger partial charge is 0.237 e. The van der Waals surface area contributed by atoms with E-state index in [9.17, 15) is 9.18 Å². The lowest BCUT2D eigenvalue weighted by atomic mass is 10.3. The number of hydrogen-bond acceptors (Lipinski definition) is 5. The number of thioether (sulfide) groups is 1. The van der Waals surface area contributed by atoms with Gasteiger partial charge in [-0.2, -0.15) is 0 Å². The van der Waals surface area contributed by atoms with Crippen LogP contribution in [0.3, 0.4) is 0 Å². The molecule has 0 aliphatic rings. The molecule has 4 nitrogen and oxygen atoms in total. The Hall–Kier alpha value is -1.70.